The molecule has 4 aromatic rings. The number of ether oxygens (including phenoxy) is 2. The van der Waals surface area contributed by atoms with Gasteiger partial charge in [0.1, 0.15) is 5.75 Å². The minimum atomic E-state index is 0.149. The van der Waals surface area contributed by atoms with Gasteiger partial charge in [-0.25, -0.2) is 4.98 Å². The molecule has 0 aliphatic carbocycles. The number of nitrogens with zero attached hydrogens (tertiary/aromatic N) is 6. The Balaban J connectivity index is 0.982. The van der Waals surface area contributed by atoms with E-state index in [1.807, 2.05) is 52.3 Å². The Bertz CT molecular complexity index is 1920. The molecule has 4 fully saturated rings. The summed E-state index contributed by atoms with van der Waals surface area (Å²) in [6.45, 7) is 12.0. The van der Waals surface area contributed by atoms with Crippen LogP contribution in [0.25, 0.3) is 33.6 Å². The molecule has 2 aromatic heterocycles. The van der Waals surface area contributed by atoms with Crippen molar-refractivity contribution < 1.29 is 19.1 Å². The monoisotopic (exact) mass is 740 g/mol. The highest BCUT2D eigenvalue weighted by molar-refractivity contribution is 6.39. The summed E-state index contributed by atoms with van der Waals surface area (Å²) in [5, 5.41) is 1.03. The van der Waals surface area contributed by atoms with Crippen LogP contribution >= 0.6 is 23.2 Å². The first-order valence-electron chi connectivity index (χ1n) is 17.6. The van der Waals surface area contributed by atoms with Crippen molar-refractivity contribution in [2.75, 3.05) is 66.6 Å². The number of carbonyl (C=O) groups excluding carboxylic acids is 2. The van der Waals surface area contributed by atoms with E-state index < -0.39 is 0 Å². The quantitative estimate of drug-likeness (QED) is 0.203. The van der Waals surface area contributed by atoms with Gasteiger partial charge in [-0.3, -0.25) is 24.4 Å². The molecule has 270 valence electrons. The lowest BCUT2D eigenvalue weighted by Gasteiger charge is -2.60. The van der Waals surface area contributed by atoms with Gasteiger partial charge in [-0.2, -0.15) is 0 Å². The van der Waals surface area contributed by atoms with Gasteiger partial charge in [0.25, 0.3) is 0 Å². The number of carbonyl (C=O) groups is 2. The highest BCUT2D eigenvalue weighted by atomic mass is 35.5. The van der Waals surface area contributed by atoms with E-state index in [9.17, 15) is 9.59 Å². The zero-order chi connectivity index (χ0) is 36.4. The Morgan fingerprint density at radius 3 is 1.88 bits per heavy atom. The summed E-state index contributed by atoms with van der Waals surface area (Å²) in [6, 6.07) is 17.9. The molecule has 2 spiro atoms. The zero-order valence-corrected chi connectivity index (χ0v) is 31.4. The number of methoxy groups -OCH3 is 2. The second-order valence-corrected chi connectivity index (χ2v) is 15.9. The fourth-order valence-corrected chi connectivity index (χ4v) is 9.26. The number of hydrogen-bond acceptors (Lipinski definition) is 8. The Morgan fingerprint density at radius 2 is 1.29 bits per heavy atom. The van der Waals surface area contributed by atoms with E-state index in [1.165, 1.54) is 0 Å². The van der Waals surface area contributed by atoms with Gasteiger partial charge in [0.05, 0.1) is 35.7 Å². The number of benzene rings is 2. The number of amides is 2. The van der Waals surface area contributed by atoms with Crippen LogP contribution in [0.4, 0.5) is 0 Å². The molecule has 52 heavy (non-hydrogen) atoms. The van der Waals surface area contributed by atoms with Crippen LogP contribution in [0.1, 0.15) is 25.0 Å². The molecule has 12 heteroatoms. The van der Waals surface area contributed by atoms with Crippen LogP contribution in [-0.2, 0) is 22.7 Å². The average Bonchev–Trinajstić information content (AvgIpc) is 3.06. The molecule has 2 aromatic carbocycles. The molecule has 0 bridgehead atoms. The molecule has 4 saturated heterocycles. The topological polar surface area (TPSA) is 91.3 Å². The van der Waals surface area contributed by atoms with E-state index >= 15 is 0 Å². The summed E-state index contributed by atoms with van der Waals surface area (Å²) in [4.78, 5) is 41.4. The average molecular weight is 742 g/mol. The van der Waals surface area contributed by atoms with Gasteiger partial charge in [0.15, 0.2) is 0 Å². The Labute approximate surface area is 314 Å². The Hall–Kier alpha value is -4.22. The zero-order valence-electron chi connectivity index (χ0n) is 29.9. The van der Waals surface area contributed by atoms with Crippen molar-refractivity contribution >= 4 is 35.0 Å². The van der Waals surface area contributed by atoms with Crippen molar-refractivity contribution in [3.8, 4) is 45.3 Å². The number of halogens is 2. The SMILES string of the molecule is COc1cc(-c2nccc(-c3cccc(-c4ccc(CN5CC6(C5)CN(C(C)=O)C6)c(OC)n4)c3Cl)c2Cl)ccc1CN1CC2(C1)CN(C(C)=O)C2. The third-order valence-corrected chi connectivity index (χ3v) is 12.0. The van der Waals surface area contributed by atoms with Crippen LogP contribution in [0.5, 0.6) is 11.6 Å². The maximum Gasteiger partial charge on any atom is 0.219 e. The molecule has 6 heterocycles. The molecule has 4 aliphatic heterocycles. The van der Waals surface area contributed by atoms with E-state index in [0.29, 0.717) is 27.3 Å². The number of likely N-dealkylation sites (tertiary alicyclic amines) is 4. The smallest absolute Gasteiger partial charge is 0.219 e. The van der Waals surface area contributed by atoms with Gasteiger partial charge in [-0.1, -0.05) is 59.6 Å². The number of aromatic nitrogens is 2. The summed E-state index contributed by atoms with van der Waals surface area (Å²) in [5.74, 6) is 1.65. The van der Waals surface area contributed by atoms with E-state index in [1.54, 1.807) is 34.3 Å². The third kappa shape index (κ3) is 6.19. The lowest BCUT2D eigenvalue weighted by molar-refractivity contribution is -0.158. The van der Waals surface area contributed by atoms with Crippen molar-refractivity contribution in [2.45, 2.75) is 26.9 Å². The maximum absolute atomic E-state index is 11.6. The van der Waals surface area contributed by atoms with E-state index in [4.69, 9.17) is 37.7 Å². The first-order chi connectivity index (χ1) is 25.0. The number of pyridine rings is 2. The molecule has 4 aliphatic rings. The van der Waals surface area contributed by atoms with Gasteiger partial charge in [0, 0.05) is 130 Å². The lowest BCUT2D eigenvalue weighted by Crippen LogP contribution is -2.72. The molecular formula is C40H42Cl2N6O4. The van der Waals surface area contributed by atoms with Crippen molar-refractivity contribution in [2.24, 2.45) is 10.8 Å². The molecule has 8 rings (SSSR count). The largest absolute Gasteiger partial charge is 0.496 e. The third-order valence-electron chi connectivity index (χ3n) is 11.2. The molecule has 0 unspecified atom stereocenters. The minimum absolute atomic E-state index is 0.149. The molecule has 0 saturated carbocycles. The van der Waals surface area contributed by atoms with Gasteiger partial charge in [-0.15, -0.1) is 0 Å². The van der Waals surface area contributed by atoms with Crippen molar-refractivity contribution in [3.63, 3.8) is 0 Å². The molecule has 10 nitrogen and oxygen atoms in total. The predicted molar refractivity (Wildman–Crippen MR) is 201 cm³/mol. The maximum atomic E-state index is 11.6. The summed E-state index contributed by atoms with van der Waals surface area (Å²) >= 11 is 14.3. The molecule has 0 radical (unpaired) electrons. The van der Waals surface area contributed by atoms with Crippen LogP contribution in [0.3, 0.4) is 0 Å². The normalized spacial score (nSPS) is 18.7. The van der Waals surface area contributed by atoms with E-state index in [2.05, 4.69) is 26.9 Å². The number of hydrogen-bond donors (Lipinski definition) is 0. The summed E-state index contributed by atoms with van der Waals surface area (Å²) in [5.41, 5.74) is 7.09. The van der Waals surface area contributed by atoms with Crippen molar-refractivity contribution in [1.82, 2.24) is 29.6 Å². The molecular weight excluding hydrogens is 699 g/mol. The standard InChI is InChI=1S/C40H42Cl2N6O4/c1-25(49)47-21-39(22-47)17-45(18-39)15-28-9-8-27(14-34(28)51-3)37-36(42)31(12-13-43-37)30-6-5-7-32(35(30)41)33-11-10-29(38(44-33)52-4)16-46-19-40(20-46)23-48(24-40)26(2)50/h5-14H,15-24H2,1-4H3. The van der Waals surface area contributed by atoms with Crippen LogP contribution in [0, 0.1) is 10.8 Å². The Kier molecular flexibility index (Phi) is 8.93. The minimum Gasteiger partial charge on any atom is -0.496 e. The van der Waals surface area contributed by atoms with Gasteiger partial charge >= 0.3 is 0 Å². The van der Waals surface area contributed by atoms with Crippen LogP contribution in [0.15, 0.2) is 60.8 Å². The van der Waals surface area contributed by atoms with Gasteiger partial charge in [0.2, 0.25) is 17.7 Å². The predicted octanol–water partition coefficient (Wildman–Crippen LogP) is 6.13. The molecule has 0 atom stereocenters. The highest BCUT2D eigenvalue weighted by Crippen LogP contribution is 2.45. The van der Waals surface area contributed by atoms with Crippen LogP contribution in [-0.4, -0.2) is 108 Å². The van der Waals surface area contributed by atoms with Gasteiger partial charge in [-0.05, 0) is 18.2 Å². The second-order valence-electron chi connectivity index (χ2n) is 15.1. The summed E-state index contributed by atoms with van der Waals surface area (Å²) in [7, 11) is 3.32. The second kappa shape index (κ2) is 13.3. The van der Waals surface area contributed by atoms with E-state index in [0.717, 1.165) is 105 Å². The summed E-state index contributed by atoms with van der Waals surface area (Å²) in [6.07, 6.45) is 1.75. The fraction of sp³-hybridized carbons (Fsp3) is 0.400. The van der Waals surface area contributed by atoms with Crippen molar-refractivity contribution in [1.29, 1.82) is 0 Å². The first kappa shape index (κ1) is 34.8. The summed E-state index contributed by atoms with van der Waals surface area (Å²) < 4.78 is 11.6. The lowest BCUT2D eigenvalue weighted by atomic mass is 9.72. The number of rotatable bonds is 9. The first-order valence-corrected chi connectivity index (χ1v) is 18.4. The molecule has 2 amide bonds. The fourth-order valence-electron chi connectivity index (χ4n) is 8.61. The van der Waals surface area contributed by atoms with Crippen LogP contribution < -0.4 is 9.47 Å². The van der Waals surface area contributed by atoms with E-state index in [-0.39, 0.29) is 22.6 Å². The van der Waals surface area contributed by atoms with Gasteiger partial charge < -0.3 is 19.3 Å². The van der Waals surface area contributed by atoms with Crippen molar-refractivity contribution in [3.05, 3.63) is 82.0 Å². The van der Waals surface area contributed by atoms with Crippen LogP contribution in [0.2, 0.25) is 10.0 Å². The molecule has 0 N–H and O–H groups in total. The Morgan fingerprint density at radius 1 is 0.712 bits per heavy atom. The highest BCUT2D eigenvalue weighted by Gasteiger charge is 2.53.